The Bertz CT molecular complexity index is 622. The van der Waals surface area contributed by atoms with Crippen LogP contribution in [0.5, 0.6) is 0 Å². The smallest absolute Gasteiger partial charge is 0.238 e. The number of benzene rings is 1. The van der Waals surface area contributed by atoms with Crippen LogP contribution < -0.4 is 5.32 Å². The molecule has 116 valence electrons. The van der Waals surface area contributed by atoms with E-state index in [9.17, 15) is 4.79 Å². The highest BCUT2D eigenvalue weighted by Gasteiger charge is 2.27. The van der Waals surface area contributed by atoms with Gasteiger partial charge in [0.05, 0.1) is 0 Å². The van der Waals surface area contributed by atoms with E-state index >= 15 is 0 Å². The number of thioether (sulfide) groups is 1. The highest BCUT2D eigenvalue weighted by Crippen LogP contribution is 2.34. The Hall–Kier alpha value is -1.82. The molecule has 6 heteroatoms. The molecule has 1 fully saturated rings. The molecule has 1 atom stereocenters. The Morgan fingerprint density at radius 1 is 1.32 bits per heavy atom. The quantitative estimate of drug-likeness (QED) is 0.862. The van der Waals surface area contributed by atoms with Crippen LogP contribution in [0.1, 0.15) is 36.5 Å². The van der Waals surface area contributed by atoms with Crippen molar-refractivity contribution >= 4 is 17.7 Å². The molecule has 1 amide bonds. The van der Waals surface area contributed by atoms with Crippen molar-refractivity contribution in [3.63, 3.8) is 0 Å². The highest BCUT2D eigenvalue weighted by molar-refractivity contribution is 8.00. The molecule has 1 heterocycles. The lowest BCUT2D eigenvalue weighted by atomic mass is 10.1. The molecular formula is C16H20N4OS. The summed E-state index contributed by atoms with van der Waals surface area (Å²) in [5.41, 5.74) is 0.992. The second kappa shape index (κ2) is 6.96. The van der Waals surface area contributed by atoms with E-state index in [-0.39, 0.29) is 11.2 Å². The van der Waals surface area contributed by atoms with Crippen molar-refractivity contribution in [1.29, 1.82) is 0 Å². The summed E-state index contributed by atoms with van der Waals surface area (Å²) in [7, 11) is 1.89. The molecule has 1 saturated carbocycles. The first-order chi connectivity index (χ1) is 10.7. The molecular weight excluding hydrogens is 296 g/mol. The zero-order valence-corrected chi connectivity index (χ0v) is 13.4. The van der Waals surface area contributed by atoms with Crippen molar-refractivity contribution in [3.8, 4) is 0 Å². The molecule has 0 radical (unpaired) electrons. The lowest BCUT2D eigenvalue weighted by molar-refractivity contribution is -0.121. The first kappa shape index (κ1) is 15.1. The lowest BCUT2D eigenvalue weighted by Gasteiger charge is -2.19. The number of amides is 1. The number of nitrogens with one attached hydrogen (secondary N) is 1. The number of nitrogens with zero attached hydrogens (tertiary/aromatic N) is 3. The average Bonchev–Trinajstić information content (AvgIpc) is 3.17. The zero-order chi connectivity index (χ0) is 15.4. The molecule has 2 aromatic rings. The van der Waals surface area contributed by atoms with E-state index in [0.717, 1.165) is 23.6 Å². The predicted molar refractivity (Wildman–Crippen MR) is 86.4 cm³/mol. The number of carbonyl (C=O) groups excluding carboxylic acids is 1. The van der Waals surface area contributed by atoms with Gasteiger partial charge in [-0.25, -0.2) is 0 Å². The van der Waals surface area contributed by atoms with Gasteiger partial charge in [-0.2, -0.15) is 0 Å². The number of carbonyl (C=O) groups is 1. The summed E-state index contributed by atoms with van der Waals surface area (Å²) in [6.45, 7) is 0. The Morgan fingerprint density at radius 2 is 2.05 bits per heavy atom. The van der Waals surface area contributed by atoms with E-state index in [4.69, 9.17) is 0 Å². The topological polar surface area (TPSA) is 59.8 Å². The predicted octanol–water partition coefficient (Wildman–Crippen LogP) is 2.71. The molecule has 0 saturated heterocycles. The number of hydrogen-bond acceptors (Lipinski definition) is 4. The highest BCUT2D eigenvalue weighted by atomic mass is 32.2. The van der Waals surface area contributed by atoms with Gasteiger partial charge in [0.25, 0.3) is 0 Å². The van der Waals surface area contributed by atoms with Gasteiger partial charge >= 0.3 is 0 Å². The summed E-state index contributed by atoms with van der Waals surface area (Å²) >= 11 is 1.44. The van der Waals surface area contributed by atoms with Crippen molar-refractivity contribution in [2.45, 2.75) is 42.1 Å². The van der Waals surface area contributed by atoms with Gasteiger partial charge in [-0.15, -0.1) is 10.2 Å². The van der Waals surface area contributed by atoms with Crippen LogP contribution in [0.3, 0.4) is 0 Å². The van der Waals surface area contributed by atoms with Crippen molar-refractivity contribution in [2.75, 3.05) is 0 Å². The summed E-state index contributed by atoms with van der Waals surface area (Å²) in [5.74, 6) is 0.0612. The molecule has 1 aromatic heterocycles. The first-order valence-electron chi connectivity index (χ1n) is 7.60. The number of aromatic nitrogens is 3. The maximum Gasteiger partial charge on any atom is 0.238 e. The third-order valence-electron chi connectivity index (χ3n) is 3.94. The number of hydrogen-bond donors (Lipinski definition) is 1. The SMILES string of the molecule is Cn1cnnc1S[C@H](C(=O)NC1CCCC1)c1ccccc1. The summed E-state index contributed by atoms with van der Waals surface area (Å²) in [6, 6.07) is 10.2. The van der Waals surface area contributed by atoms with Gasteiger partial charge in [0, 0.05) is 13.1 Å². The molecule has 0 unspecified atom stereocenters. The summed E-state index contributed by atoms with van der Waals surface area (Å²) in [6.07, 6.45) is 6.23. The second-order valence-electron chi connectivity index (χ2n) is 5.62. The van der Waals surface area contributed by atoms with E-state index in [1.54, 1.807) is 6.33 Å². The Kier molecular flexibility index (Phi) is 4.77. The molecule has 5 nitrogen and oxygen atoms in total. The van der Waals surface area contributed by atoms with Gasteiger partial charge < -0.3 is 9.88 Å². The van der Waals surface area contributed by atoms with E-state index in [2.05, 4.69) is 15.5 Å². The van der Waals surface area contributed by atoms with Crippen LogP contribution in [-0.2, 0) is 11.8 Å². The van der Waals surface area contributed by atoms with E-state index in [0.29, 0.717) is 6.04 Å². The van der Waals surface area contributed by atoms with Gasteiger partial charge in [-0.1, -0.05) is 54.9 Å². The molecule has 3 rings (SSSR count). The zero-order valence-electron chi connectivity index (χ0n) is 12.6. The molecule has 1 aliphatic carbocycles. The Labute approximate surface area is 134 Å². The van der Waals surface area contributed by atoms with Crippen LogP contribution in [-0.4, -0.2) is 26.7 Å². The maximum absolute atomic E-state index is 12.7. The summed E-state index contributed by atoms with van der Waals surface area (Å²) in [5, 5.41) is 11.6. The van der Waals surface area contributed by atoms with Gasteiger partial charge in [0.1, 0.15) is 11.6 Å². The lowest BCUT2D eigenvalue weighted by Crippen LogP contribution is -2.35. The van der Waals surface area contributed by atoms with Gasteiger partial charge in [-0.05, 0) is 18.4 Å². The minimum absolute atomic E-state index is 0.0612. The van der Waals surface area contributed by atoms with E-state index < -0.39 is 0 Å². The Balaban J connectivity index is 1.79. The molecule has 1 aromatic carbocycles. The van der Waals surface area contributed by atoms with Crippen molar-refractivity contribution < 1.29 is 4.79 Å². The van der Waals surface area contributed by atoms with Crippen LogP contribution >= 0.6 is 11.8 Å². The second-order valence-corrected chi connectivity index (χ2v) is 6.70. The van der Waals surface area contributed by atoms with Crippen molar-refractivity contribution in [3.05, 3.63) is 42.2 Å². The normalized spacial score (nSPS) is 16.6. The number of rotatable bonds is 5. The Morgan fingerprint density at radius 3 is 2.68 bits per heavy atom. The van der Waals surface area contributed by atoms with Crippen molar-refractivity contribution in [2.24, 2.45) is 7.05 Å². The van der Waals surface area contributed by atoms with Crippen LogP contribution in [0.2, 0.25) is 0 Å². The monoisotopic (exact) mass is 316 g/mol. The first-order valence-corrected chi connectivity index (χ1v) is 8.48. The van der Waals surface area contributed by atoms with Gasteiger partial charge in [0.15, 0.2) is 5.16 Å². The van der Waals surface area contributed by atoms with Crippen LogP contribution in [0.4, 0.5) is 0 Å². The van der Waals surface area contributed by atoms with Gasteiger partial charge in [0.2, 0.25) is 5.91 Å². The molecule has 1 aliphatic rings. The molecule has 0 bridgehead atoms. The van der Waals surface area contributed by atoms with E-state index in [1.165, 1.54) is 24.6 Å². The third-order valence-corrected chi connectivity index (χ3v) is 5.24. The van der Waals surface area contributed by atoms with Gasteiger partial charge in [-0.3, -0.25) is 4.79 Å². The third kappa shape index (κ3) is 3.50. The fourth-order valence-electron chi connectivity index (χ4n) is 2.73. The van der Waals surface area contributed by atoms with Crippen LogP contribution in [0.15, 0.2) is 41.8 Å². The molecule has 1 N–H and O–H groups in total. The molecule has 22 heavy (non-hydrogen) atoms. The minimum atomic E-state index is -0.301. The fourth-order valence-corrected chi connectivity index (χ4v) is 3.72. The largest absolute Gasteiger partial charge is 0.352 e. The van der Waals surface area contributed by atoms with Crippen LogP contribution in [0.25, 0.3) is 0 Å². The van der Waals surface area contributed by atoms with Crippen molar-refractivity contribution in [1.82, 2.24) is 20.1 Å². The number of aryl methyl sites for hydroxylation is 1. The van der Waals surface area contributed by atoms with E-state index in [1.807, 2.05) is 41.9 Å². The minimum Gasteiger partial charge on any atom is -0.352 e. The average molecular weight is 316 g/mol. The summed E-state index contributed by atoms with van der Waals surface area (Å²) < 4.78 is 1.84. The maximum atomic E-state index is 12.7. The molecule has 0 aliphatic heterocycles. The fraction of sp³-hybridized carbons (Fsp3) is 0.438. The molecule has 0 spiro atoms. The van der Waals surface area contributed by atoms with Crippen LogP contribution in [0, 0.1) is 0 Å². The summed E-state index contributed by atoms with van der Waals surface area (Å²) in [4.78, 5) is 12.7. The standard InChI is InChI=1S/C16H20N4OS/c1-20-11-17-19-16(20)22-14(12-7-3-2-4-8-12)15(21)18-13-9-5-6-10-13/h2-4,7-8,11,13-14H,5-6,9-10H2,1H3,(H,18,21)/t14-/m0/s1.